The van der Waals surface area contributed by atoms with E-state index in [1.54, 1.807) is 0 Å². The minimum Gasteiger partial charge on any atom is -0.352 e. The van der Waals surface area contributed by atoms with Gasteiger partial charge in [-0.3, -0.25) is 14.5 Å². The second-order valence-electron chi connectivity index (χ2n) is 7.89. The van der Waals surface area contributed by atoms with Gasteiger partial charge in [0, 0.05) is 6.04 Å². The van der Waals surface area contributed by atoms with E-state index in [1.807, 2.05) is 37.3 Å². The fourth-order valence-corrected chi connectivity index (χ4v) is 4.31. The molecule has 0 unspecified atom stereocenters. The summed E-state index contributed by atoms with van der Waals surface area (Å²) >= 11 is 0. The molecule has 2 aliphatic rings. The summed E-state index contributed by atoms with van der Waals surface area (Å²) in [6.07, 6.45) is 3.64. The van der Waals surface area contributed by atoms with Crippen molar-refractivity contribution in [3.63, 3.8) is 0 Å². The molecule has 1 aliphatic heterocycles. The first kappa shape index (κ1) is 19.4. The van der Waals surface area contributed by atoms with Gasteiger partial charge in [0.1, 0.15) is 12.1 Å². The molecule has 3 rings (SSSR count). The summed E-state index contributed by atoms with van der Waals surface area (Å²) in [5.41, 5.74) is -0.353. The van der Waals surface area contributed by atoms with Crippen LogP contribution in [0.3, 0.4) is 0 Å². The highest BCUT2D eigenvalue weighted by Crippen LogP contribution is 2.32. The molecule has 0 aromatic heterocycles. The largest absolute Gasteiger partial charge is 0.352 e. The minimum atomic E-state index is -1.09. The molecule has 0 spiro atoms. The van der Waals surface area contributed by atoms with Crippen molar-refractivity contribution in [2.45, 2.75) is 58.0 Å². The third-order valence-electron chi connectivity index (χ3n) is 6.33. The van der Waals surface area contributed by atoms with Crippen LogP contribution < -0.4 is 10.6 Å². The van der Waals surface area contributed by atoms with E-state index in [0.717, 1.165) is 23.3 Å². The molecule has 0 bridgehead atoms. The van der Waals surface area contributed by atoms with Crippen molar-refractivity contribution < 1.29 is 14.4 Å². The molecule has 6 nitrogen and oxygen atoms in total. The number of nitrogens with zero attached hydrogens (tertiary/aromatic N) is 1. The average Bonchev–Trinajstić information content (AvgIpc) is 2.91. The maximum absolute atomic E-state index is 13.1. The van der Waals surface area contributed by atoms with Crippen molar-refractivity contribution in [2.24, 2.45) is 11.8 Å². The van der Waals surface area contributed by atoms with Crippen molar-refractivity contribution in [1.29, 1.82) is 0 Å². The fraction of sp³-hybridized carbons (Fsp3) is 0.571. The number of carbonyl (C=O) groups excluding carboxylic acids is 3. The number of rotatable bonds is 5. The predicted molar refractivity (Wildman–Crippen MR) is 103 cm³/mol. The summed E-state index contributed by atoms with van der Waals surface area (Å²) in [6, 6.07) is 8.80. The van der Waals surface area contributed by atoms with E-state index >= 15 is 0 Å². The zero-order valence-corrected chi connectivity index (χ0v) is 16.3. The molecule has 4 amide bonds. The van der Waals surface area contributed by atoms with Gasteiger partial charge in [-0.05, 0) is 30.2 Å². The SMILES string of the molecule is CC[C@]1(c2ccccc2)NC(=O)N(CC(=O)N[C@@H]2CCC[C@H](C)[C@H]2C)C1=O. The maximum Gasteiger partial charge on any atom is 0.325 e. The van der Waals surface area contributed by atoms with Crippen LogP contribution in [-0.2, 0) is 15.1 Å². The van der Waals surface area contributed by atoms with E-state index < -0.39 is 11.6 Å². The Hall–Kier alpha value is -2.37. The van der Waals surface area contributed by atoms with Gasteiger partial charge >= 0.3 is 6.03 Å². The second-order valence-corrected chi connectivity index (χ2v) is 7.89. The van der Waals surface area contributed by atoms with Crippen LogP contribution in [0.2, 0.25) is 0 Å². The van der Waals surface area contributed by atoms with E-state index in [4.69, 9.17) is 0 Å². The molecule has 1 saturated heterocycles. The summed E-state index contributed by atoms with van der Waals surface area (Å²) in [4.78, 5) is 39.2. The lowest BCUT2D eigenvalue weighted by atomic mass is 9.78. The van der Waals surface area contributed by atoms with Crippen molar-refractivity contribution in [3.05, 3.63) is 35.9 Å². The van der Waals surface area contributed by atoms with Crippen molar-refractivity contribution in [3.8, 4) is 0 Å². The zero-order valence-electron chi connectivity index (χ0n) is 16.3. The molecule has 6 heteroatoms. The van der Waals surface area contributed by atoms with Gasteiger partial charge in [-0.1, -0.05) is 63.9 Å². The highest BCUT2D eigenvalue weighted by atomic mass is 16.2. The van der Waals surface area contributed by atoms with Crippen LogP contribution in [-0.4, -0.2) is 35.3 Å². The van der Waals surface area contributed by atoms with E-state index in [1.165, 1.54) is 6.42 Å². The molecule has 0 radical (unpaired) electrons. The molecular formula is C21H29N3O3. The van der Waals surface area contributed by atoms with Crippen LogP contribution in [0.5, 0.6) is 0 Å². The van der Waals surface area contributed by atoms with Crippen LogP contribution in [0.25, 0.3) is 0 Å². The summed E-state index contributed by atoms with van der Waals surface area (Å²) in [7, 11) is 0. The van der Waals surface area contributed by atoms with Crippen LogP contribution >= 0.6 is 0 Å². The Morgan fingerprint density at radius 3 is 2.59 bits per heavy atom. The average molecular weight is 371 g/mol. The standard InChI is InChI=1S/C21H29N3O3/c1-4-21(16-10-6-5-7-11-16)19(26)24(20(27)23-21)13-18(25)22-17-12-8-9-14(2)15(17)3/h5-7,10-11,14-15,17H,4,8-9,12-13H2,1-3H3,(H,22,25)(H,23,27)/t14-,15+,17+,21+/m0/s1. The van der Waals surface area contributed by atoms with Crippen molar-refractivity contribution in [1.82, 2.24) is 15.5 Å². The lowest BCUT2D eigenvalue weighted by molar-refractivity contribution is -0.135. The monoisotopic (exact) mass is 371 g/mol. The molecule has 146 valence electrons. The normalized spacial score (nSPS) is 30.9. The molecule has 1 aliphatic carbocycles. The van der Waals surface area contributed by atoms with Gasteiger partial charge in [0.05, 0.1) is 0 Å². The van der Waals surface area contributed by atoms with Gasteiger partial charge < -0.3 is 10.6 Å². The van der Waals surface area contributed by atoms with E-state index in [0.29, 0.717) is 18.3 Å². The Morgan fingerprint density at radius 2 is 1.93 bits per heavy atom. The molecule has 4 atom stereocenters. The van der Waals surface area contributed by atoms with Crippen molar-refractivity contribution >= 4 is 17.8 Å². The van der Waals surface area contributed by atoms with Crippen molar-refractivity contribution in [2.75, 3.05) is 6.54 Å². The summed E-state index contributed by atoms with van der Waals surface area (Å²) in [6.45, 7) is 5.98. The topological polar surface area (TPSA) is 78.5 Å². The van der Waals surface area contributed by atoms with Gasteiger partial charge in [0.2, 0.25) is 5.91 Å². The first-order valence-electron chi connectivity index (χ1n) is 9.88. The lowest BCUT2D eigenvalue weighted by Gasteiger charge is -2.34. The molecule has 1 saturated carbocycles. The third-order valence-corrected chi connectivity index (χ3v) is 6.33. The van der Waals surface area contributed by atoms with Crippen LogP contribution in [0.1, 0.15) is 52.0 Å². The molecular weight excluding hydrogens is 342 g/mol. The molecule has 2 fully saturated rings. The van der Waals surface area contributed by atoms with Gasteiger partial charge in [-0.25, -0.2) is 4.79 Å². The van der Waals surface area contributed by atoms with Gasteiger partial charge in [0.15, 0.2) is 0 Å². The number of urea groups is 1. The first-order chi connectivity index (χ1) is 12.9. The van der Waals surface area contributed by atoms with Crippen LogP contribution in [0.15, 0.2) is 30.3 Å². The van der Waals surface area contributed by atoms with E-state index in [2.05, 4.69) is 24.5 Å². The zero-order chi connectivity index (χ0) is 19.6. The highest BCUT2D eigenvalue weighted by Gasteiger charge is 2.51. The molecule has 1 aromatic rings. The van der Waals surface area contributed by atoms with E-state index in [9.17, 15) is 14.4 Å². The summed E-state index contributed by atoms with van der Waals surface area (Å²) in [5, 5.41) is 5.85. The Bertz CT molecular complexity index is 721. The maximum atomic E-state index is 13.1. The number of imide groups is 1. The molecule has 1 heterocycles. The number of benzene rings is 1. The van der Waals surface area contributed by atoms with E-state index in [-0.39, 0.29) is 24.4 Å². The first-order valence-corrected chi connectivity index (χ1v) is 9.88. The Morgan fingerprint density at radius 1 is 1.22 bits per heavy atom. The highest BCUT2D eigenvalue weighted by molar-refractivity contribution is 6.09. The summed E-state index contributed by atoms with van der Waals surface area (Å²) < 4.78 is 0. The summed E-state index contributed by atoms with van der Waals surface area (Å²) in [5.74, 6) is 0.322. The third kappa shape index (κ3) is 3.57. The Labute approximate surface area is 160 Å². The molecule has 2 N–H and O–H groups in total. The van der Waals surface area contributed by atoms with Crippen LogP contribution in [0, 0.1) is 11.8 Å². The number of nitrogens with one attached hydrogen (secondary N) is 2. The Kier molecular flexibility index (Phi) is 5.53. The van der Waals surface area contributed by atoms with Gasteiger partial charge in [0.25, 0.3) is 5.91 Å². The van der Waals surface area contributed by atoms with Gasteiger partial charge in [-0.2, -0.15) is 0 Å². The fourth-order valence-electron chi connectivity index (χ4n) is 4.31. The predicted octanol–water partition coefficient (Wildman–Crippen LogP) is 2.78. The minimum absolute atomic E-state index is 0.104. The van der Waals surface area contributed by atoms with Gasteiger partial charge in [-0.15, -0.1) is 0 Å². The number of hydrogen-bond acceptors (Lipinski definition) is 3. The second kappa shape index (κ2) is 7.71. The number of hydrogen-bond donors (Lipinski definition) is 2. The number of amides is 4. The smallest absolute Gasteiger partial charge is 0.325 e. The number of carbonyl (C=O) groups is 3. The van der Waals surface area contributed by atoms with Crippen LogP contribution in [0.4, 0.5) is 4.79 Å². The Balaban J connectivity index is 1.71. The quantitative estimate of drug-likeness (QED) is 0.781. The molecule has 27 heavy (non-hydrogen) atoms. The molecule has 1 aromatic carbocycles. The lowest BCUT2D eigenvalue weighted by Crippen LogP contribution is -2.49.